The first-order valence-corrected chi connectivity index (χ1v) is 12.5. The molecule has 0 heterocycles. The van der Waals surface area contributed by atoms with Gasteiger partial charge < -0.3 is 14.7 Å². The quantitative estimate of drug-likeness (QED) is 0.165. The summed E-state index contributed by atoms with van der Waals surface area (Å²) >= 11 is 0. The summed E-state index contributed by atoms with van der Waals surface area (Å²) in [6.45, 7) is 5.93. The molecule has 0 aromatic carbocycles. The Morgan fingerprint density at radius 1 is 0.724 bits per heavy atom. The fourth-order valence-corrected chi connectivity index (χ4v) is 4.58. The molecule has 0 bridgehead atoms. The molecule has 0 aromatic rings. The van der Waals surface area contributed by atoms with E-state index in [9.17, 15) is 9.90 Å². The van der Waals surface area contributed by atoms with Gasteiger partial charge in [0.05, 0.1) is 27.1 Å². The van der Waals surface area contributed by atoms with Crippen molar-refractivity contribution in [2.45, 2.75) is 129 Å². The van der Waals surface area contributed by atoms with E-state index in [4.69, 9.17) is 5.11 Å². The molecule has 174 valence electrons. The number of unbranched alkanes of at least 4 members (excludes halogenated alkanes) is 11. The lowest BCUT2D eigenvalue weighted by Crippen LogP contribution is -2.52. The first-order valence-electron chi connectivity index (χ1n) is 12.5. The van der Waals surface area contributed by atoms with Crippen LogP contribution in [-0.4, -0.2) is 53.5 Å². The molecular weight excluding hydrogens is 362 g/mol. The Morgan fingerprint density at radius 3 is 1.66 bits per heavy atom. The summed E-state index contributed by atoms with van der Waals surface area (Å²) in [5.41, 5.74) is -0.611. The largest absolute Gasteiger partial charge is 0.481 e. The Kier molecular flexibility index (Phi) is 16.7. The minimum atomic E-state index is -0.731. The average Bonchev–Trinajstić information content (AvgIpc) is 2.61. The van der Waals surface area contributed by atoms with E-state index in [2.05, 4.69) is 27.9 Å². The van der Waals surface area contributed by atoms with E-state index in [1.54, 1.807) is 0 Å². The fourth-order valence-electron chi connectivity index (χ4n) is 4.58. The number of carboxylic acid groups (broad SMARTS) is 1. The zero-order valence-corrected chi connectivity index (χ0v) is 20.2. The molecule has 0 aromatic heterocycles. The summed E-state index contributed by atoms with van der Waals surface area (Å²) in [6, 6.07) is 0. The van der Waals surface area contributed by atoms with E-state index < -0.39 is 11.6 Å². The Hall–Kier alpha value is -0.610. The van der Waals surface area contributed by atoms with E-state index in [1.807, 2.05) is 0 Å². The van der Waals surface area contributed by atoms with Crippen LogP contribution in [0.4, 0.5) is 0 Å². The zero-order valence-electron chi connectivity index (χ0n) is 20.2. The van der Waals surface area contributed by atoms with Crippen molar-refractivity contribution in [3.63, 3.8) is 0 Å². The topological polar surface area (TPSA) is 57.5 Å². The summed E-state index contributed by atoms with van der Waals surface area (Å²) in [6.07, 6.45) is 19.6. The van der Waals surface area contributed by atoms with Gasteiger partial charge in [-0.05, 0) is 12.8 Å². The number of hydrogen-bond acceptors (Lipinski definition) is 2. The second-order valence-corrected chi connectivity index (χ2v) is 9.93. The van der Waals surface area contributed by atoms with E-state index in [0.717, 1.165) is 38.8 Å². The van der Waals surface area contributed by atoms with Crippen molar-refractivity contribution >= 4 is 5.97 Å². The minimum Gasteiger partial charge on any atom is -0.481 e. The molecule has 29 heavy (non-hydrogen) atoms. The molecule has 0 spiro atoms. The van der Waals surface area contributed by atoms with Gasteiger partial charge in [-0.1, -0.05) is 97.3 Å². The lowest BCUT2D eigenvalue weighted by Gasteiger charge is -2.38. The van der Waals surface area contributed by atoms with Crippen molar-refractivity contribution in [3.05, 3.63) is 0 Å². The number of aliphatic carboxylic acids is 1. The molecule has 0 aliphatic carbocycles. The van der Waals surface area contributed by atoms with Gasteiger partial charge in [-0.15, -0.1) is 0 Å². The van der Waals surface area contributed by atoms with Gasteiger partial charge in [0.25, 0.3) is 0 Å². The van der Waals surface area contributed by atoms with E-state index >= 15 is 0 Å². The maximum atomic E-state index is 11.2. The number of rotatable bonds is 21. The lowest BCUT2D eigenvalue weighted by atomic mass is 9.89. The lowest BCUT2D eigenvalue weighted by molar-refractivity contribution is -0.897. The maximum absolute atomic E-state index is 11.2. The van der Waals surface area contributed by atoms with Gasteiger partial charge >= 0.3 is 5.97 Å². The predicted molar refractivity (Wildman–Crippen MR) is 124 cm³/mol. The van der Waals surface area contributed by atoms with Gasteiger partial charge in [0.2, 0.25) is 0 Å². The molecule has 0 fully saturated rings. The third-order valence-electron chi connectivity index (χ3n) is 6.09. The van der Waals surface area contributed by atoms with Crippen molar-refractivity contribution < 1.29 is 19.5 Å². The molecule has 0 saturated carbocycles. The van der Waals surface area contributed by atoms with Crippen molar-refractivity contribution in [1.82, 2.24) is 0 Å². The molecule has 0 amide bonds. The van der Waals surface area contributed by atoms with Crippen LogP contribution in [0.1, 0.15) is 123 Å². The van der Waals surface area contributed by atoms with Gasteiger partial charge in [-0.2, -0.15) is 0 Å². The smallest absolute Gasteiger partial charge is 0.303 e. The number of quaternary nitrogens is 1. The van der Waals surface area contributed by atoms with Crippen molar-refractivity contribution in [1.29, 1.82) is 0 Å². The average molecular weight is 415 g/mol. The number of likely N-dealkylation sites (N-methyl/N-ethyl adjacent to an activating group) is 1. The Morgan fingerprint density at radius 2 is 1.21 bits per heavy atom. The third-order valence-corrected chi connectivity index (χ3v) is 6.09. The summed E-state index contributed by atoms with van der Waals surface area (Å²) in [5, 5.41) is 20.0. The minimum absolute atomic E-state index is 0.215. The van der Waals surface area contributed by atoms with Crippen LogP contribution in [0.5, 0.6) is 0 Å². The Labute approximate surface area is 181 Å². The van der Waals surface area contributed by atoms with E-state index in [0.29, 0.717) is 10.9 Å². The van der Waals surface area contributed by atoms with Gasteiger partial charge in [0.1, 0.15) is 12.1 Å². The fraction of sp³-hybridized carbons (Fsp3) is 0.960. The van der Waals surface area contributed by atoms with Gasteiger partial charge in [0, 0.05) is 6.42 Å². The highest BCUT2D eigenvalue weighted by Gasteiger charge is 2.33. The third kappa shape index (κ3) is 17.9. The summed E-state index contributed by atoms with van der Waals surface area (Å²) in [5.74, 6) is -0.731. The van der Waals surface area contributed by atoms with Crippen LogP contribution in [-0.2, 0) is 4.79 Å². The highest BCUT2D eigenvalue weighted by Crippen LogP contribution is 2.25. The Balaban J connectivity index is 3.94. The van der Waals surface area contributed by atoms with Crippen LogP contribution >= 0.6 is 0 Å². The number of hydrogen-bond donors (Lipinski definition) is 2. The highest BCUT2D eigenvalue weighted by atomic mass is 16.4. The predicted octanol–water partition coefficient (Wildman–Crippen LogP) is 6.55. The summed E-state index contributed by atoms with van der Waals surface area (Å²) in [7, 11) is 4.23. The number of carboxylic acids is 1. The van der Waals surface area contributed by atoms with E-state index in [-0.39, 0.29) is 6.42 Å². The SMILES string of the molecule is CCCCCCCCCCCCCCC(O)(CCC)C[N+](C)(C)CCCC(=O)O. The van der Waals surface area contributed by atoms with Crippen molar-refractivity contribution in [3.8, 4) is 0 Å². The zero-order chi connectivity index (χ0) is 22.0. The summed E-state index contributed by atoms with van der Waals surface area (Å²) < 4.78 is 0.696. The number of carbonyl (C=O) groups is 1. The maximum Gasteiger partial charge on any atom is 0.303 e. The molecule has 0 aliphatic rings. The number of aliphatic hydroxyl groups is 1. The molecule has 0 saturated heterocycles. The molecular formula is C25H52NO3+. The molecule has 0 aliphatic heterocycles. The van der Waals surface area contributed by atoms with Crippen LogP contribution < -0.4 is 0 Å². The molecule has 1 atom stereocenters. The monoisotopic (exact) mass is 414 g/mol. The van der Waals surface area contributed by atoms with Crippen molar-refractivity contribution in [2.75, 3.05) is 27.2 Å². The molecule has 4 heteroatoms. The van der Waals surface area contributed by atoms with Crippen LogP contribution in [0.15, 0.2) is 0 Å². The van der Waals surface area contributed by atoms with Crippen molar-refractivity contribution in [2.24, 2.45) is 0 Å². The summed E-state index contributed by atoms with van der Waals surface area (Å²) in [4.78, 5) is 10.8. The van der Waals surface area contributed by atoms with Gasteiger partial charge in [-0.25, -0.2) is 0 Å². The van der Waals surface area contributed by atoms with Crippen LogP contribution in [0.25, 0.3) is 0 Å². The first-order chi connectivity index (χ1) is 13.7. The first kappa shape index (κ1) is 28.4. The molecule has 2 N–H and O–H groups in total. The van der Waals surface area contributed by atoms with Gasteiger partial charge in [-0.3, -0.25) is 4.79 Å². The standard InChI is InChI=1S/C25H51NO3/c1-5-7-8-9-10-11-12-13-14-15-16-17-21-25(29,20-6-2)23-26(3,4)22-18-19-24(27)28/h29H,5-23H2,1-4H3/p+1. The molecule has 4 nitrogen and oxygen atoms in total. The number of nitrogens with zero attached hydrogens (tertiary/aromatic N) is 1. The second-order valence-electron chi connectivity index (χ2n) is 9.93. The normalized spacial score (nSPS) is 14.1. The highest BCUT2D eigenvalue weighted by molar-refractivity contribution is 5.66. The molecule has 0 radical (unpaired) electrons. The van der Waals surface area contributed by atoms with E-state index in [1.165, 1.54) is 70.6 Å². The van der Waals surface area contributed by atoms with Crippen LogP contribution in [0, 0.1) is 0 Å². The second kappa shape index (κ2) is 17.1. The van der Waals surface area contributed by atoms with Crippen LogP contribution in [0.3, 0.4) is 0 Å². The molecule has 0 rings (SSSR count). The Bertz CT molecular complexity index is 398. The van der Waals surface area contributed by atoms with Crippen LogP contribution in [0.2, 0.25) is 0 Å². The molecule has 1 unspecified atom stereocenters. The van der Waals surface area contributed by atoms with Gasteiger partial charge in [0.15, 0.2) is 0 Å².